The van der Waals surface area contributed by atoms with Crippen LogP contribution in [0, 0.1) is 17.8 Å². The Morgan fingerprint density at radius 3 is 3.00 bits per heavy atom. The normalized spacial score (nSPS) is 42.1. The molecule has 0 aromatic heterocycles. The summed E-state index contributed by atoms with van der Waals surface area (Å²) in [5.74, 6) is 0.739. The number of rotatable bonds is 2. The maximum Gasteiger partial charge on any atom is 0.303 e. The monoisotopic (exact) mass is 198 g/mol. The number of carbonyl (C=O) groups is 1. The summed E-state index contributed by atoms with van der Waals surface area (Å²) in [5.41, 5.74) is 0. The zero-order valence-corrected chi connectivity index (χ0v) is 8.61. The molecule has 0 aromatic rings. The molecule has 14 heavy (non-hydrogen) atoms. The van der Waals surface area contributed by atoms with Gasteiger partial charge in [0.05, 0.1) is 6.10 Å². The minimum atomic E-state index is -0.658. The highest BCUT2D eigenvalue weighted by molar-refractivity contribution is 5.67. The first-order valence-corrected chi connectivity index (χ1v) is 5.52. The van der Waals surface area contributed by atoms with Gasteiger partial charge in [0.1, 0.15) is 0 Å². The van der Waals surface area contributed by atoms with E-state index in [1.807, 2.05) is 0 Å². The molecule has 1 saturated carbocycles. The predicted octanol–water partition coefficient (Wildman–Crippen LogP) is 1.91. The molecule has 1 heterocycles. The van der Waals surface area contributed by atoms with Crippen molar-refractivity contribution in [1.29, 1.82) is 0 Å². The molecular formula is C11H18O3. The van der Waals surface area contributed by atoms with Crippen molar-refractivity contribution >= 4 is 5.97 Å². The maximum atomic E-state index is 10.7. The number of hydrogen-bond acceptors (Lipinski definition) is 2. The van der Waals surface area contributed by atoms with Gasteiger partial charge < -0.3 is 9.84 Å². The second-order valence-electron chi connectivity index (χ2n) is 4.72. The number of fused-ring (bicyclic) bond motifs is 1. The van der Waals surface area contributed by atoms with E-state index in [4.69, 9.17) is 9.84 Å². The average Bonchev–Trinajstić information content (AvgIpc) is 2.48. The van der Waals surface area contributed by atoms with Gasteiger partial charge in [0.15, 0.2) is 0 Å². The third-order valence-corrected chi connectivity index (χ3v) is 3.70. The van der Waals surface area contributed by atoms with Crippen LogP contribution in [0.25, 0.3) is 0 Å². The van der Waals surface area contributed by atoms with Crippen molar-refractivity contribution in [2.75, 3.05) is 6.61 Å². The van der Waals surface area contributed by atoms with Gasteiger partial charge in [-0.2, -0.15) is 0 Å². The highest BCUT2D eigenvalue weighted by atomic mass is 16.5. The fraction of sp³-hybridized carbons (Fsp3) is 0.909. The van der Waals surface area contributed by atoms with Crippen LogP contribution in [0.1, 0.15) is 32.6 Å². The lowest BCUT2D eigenvalue weighted by Crippen LogP contribution is -2.33. The van der Waals surface area contributed by atoms with Gasteiger partial charge in [-0.05, 0) is 30.6 Å². The summed E-state index contributed by atoms with van der Waals surface area (Å²) in [6, 6.07) is 0. The standard InChI is InChI=1S/C11H18O3/c1-7-6-14-9-4-2-3-8(11(7)9)5-10(12)13/h7-9,11H,2-6H2,1H3,(H,12,13)/t7-,8-,9+,11+/m0/s1. The lowest BCUT2D eigenvalue weighted by molar-refractivity contribution is -0.139. The van der Waals surface area contributed by atoms with Crippen molar-refractivity contribution < 1.29 is 14.6 Å². The first kappa shape index (κ1) is 9.97. The van der Waals surface area contributed by atoms with Gasteiger partial charge in [-0.15, -0.1) is 0 Å². The number of hydrogen-bond donors (Lipinski definition) is 1. The van der Waals surface area contributed by atoms with Crippen LogP contribution in [0.15, 0.2) is 0 Å². The van der Waals surface area contributed by atoms with Crippen molar-refractivity contribution in [3.05, 3.63) is 0 Å². The lowest BCUT2D eigenvalue weighted by atomic mass is 9.72. The Bertz CT molecular complexity index is 225. The molecule has 0 amide bonds. The van der Waals surface area contributed by atoms with E-state index in [1.165, 1.54) is 0 Å². The second kappa shape index (κ2) is 3.89. The van der Waals surface area contributed by atoms with Gasteiger partial charge in [-0.3, -0.25) is 4.79 Å². The third kappa shape index (κ3) is 1.78. The molecule has 1 aliphatic carbocycles. The number of carboxylic acid groups (broad SMARTS) is 1. The van der Waals surface area contributed by atoms with Crippen molar-refractivity contribution in [1.82, 2.24) is 0 Å². The summed E-state index contributed by atoms with van der Waals surface area (Å²) in [4.78, 5) is 10.7. The fourth-order valence-corrected chi connectivity index (χ4v) is 3.14. The van der Waals surface area contributed by atoms with E-state index < -0.39 is 5.97 Å². The molecule has 2 fully saturated rings. The van der Waals surface area contributed by atoms with Crippen LogP contribution in [0.3, 0.4) is 0 Å². The van der Waals surface area contributed by atoms with E-state index in [1.54, 1.807) is 0 Å². The van der Waals surface area contributed by atoms with E-state index >= 15 is 0 Å². The SMILES string of the molecule is C[C@H]1CO[C@@H]2CCC[C@@H](CC(=O)O)[C@@H]12. The fourth-order valence-electron chi connectivity index (χ4n) is 3.14. The number of aliphatic carboxylic acids is 1. The van der Waals surface area contributed by atoms with E-state index in [2.05, 4.69) is 6.92 Å². The van der Waals surface area contributed by atoms with Gasteiger partial charge in [0, 0.05) is 13.0 Å². The third-order valence-electron chi connectivity index (χ3n) is 3.70. The van der Waals surface area contributed by atoms with Gasteiger partial charge in [-0.25, -0.2) is 0 Å². The van der Waals surface area contributed by atoms with Crippen molar-refractivity contribution in [2.45, 2.75) is 38.7 Å². The topological polar surface area (TPSA) is 46.5 Å². The van der Waals surface area contributed by atoms with E-state index in [0.29, 0.717) is 30.3 Å². The Hall–Kier alpha value is -0.570. The van der Waals surface area contributed by atoms with Crippen LogP contribution in [-0.2, 0) is 9.53 Å². The first-order valence-electron chi connectivity index (χ1n) is 5.52. The van der Waals surface area contributed by atoms with Crippen molar-refractivity contribution in [3.8, 4) is 0 Å². The van der Waals surface area contributed by atoms with Crippen molar-refractivity contribution in [2.24, 2.45) is 17.8 Å². The minimum absolute atomic E-state index is 0.328. The Kier molecular flexibility index (Phi) is 2.77. The highest BCUT2D eigenvalue weighted by Gasteiger charge is 2.42. The maximum absolute atomic E-state index is 10.7. The molecular weight excluding hydrogens is 180 g/mol. The zero-order valence-electron chi connectivity index (χ0n) is 8.61. The van der Waals surface area contributed by atoms with Crippen LogP contribution in [0.2, 0.25) is 0 Å². The highest BCUT2D eigenvalue weighted by Crippen LogP contribution is 2.42. The minimum Gasteiger partial charge on any atom is -0.481 e. The molecule has 3 nitrogen and oxygen atoms in total. The Labute approximate surface area is 84.4 Å². The van der Waals surface area contributed by atoms with E-state index in [9.17, 15) is 4.79 Å². The largest absolute Gasteiger partial charge is 0.481 e. The number of ether oxygens (including phenoxy) is 1. The zero-order chi connectivity index (χ0) is 10.1. The van der Waals surface area contributed by atoms with Crippen LogP contribution in [-0.4, -0.2) is 23.8 Å². The first-order chi connectivity index (χ1) is 6.68. The summed E-state index contributed by atoms with van der Waals surface area (Å²) in [7, 11) is 0. The molecule has 3 heteroatoms. The van der Waals surface area contributed by atoms with Crippen LogP contribution in [0.4, 0.5) is 0 Å². The van der Waals surface area contributed by atoms with Gasteiger partial charge >= 0.3 is 5.97 Å². The molecule has 0 aromatic carbocycles. The molecule has 0 bridgehead atoms. The molecule has 1 saturated heterocycles. The second-order valence-corrected chi connectivity index (χ2v) is 4.72. The average molecular weight is 198 g/mol. The molecule has 4 atom stereocenters. The number of carboxylic acids is 1. The molecule has 0 radical (unpaired) electrons. The Balaban J connectivity index is 2.04. The predicted molar refractivity (Wildman–Crippen MR) is 52.0 cm³/mol. The summed E-state index contributed by atoms with van der Waals surface area (Å²) < 4.78 is 5.69. The molecule has 2 rings (SSSR count). The molecule has 2 aliphatic rings. The Morgan fingerprint density at radius 2 is 2.29 bits per heavy atom. The van der Waals surface area contributed by atoms with Crippen LogP contribution < -0.4 is 0 Å². The molecule has 0 spiro atoms. The summed E-state index contributed by atoms with van der Waals surface area (Å²) in [5, 5.41) is 8.83. The Morgan fingerprint density at radius 1 is 1.50 bits per heavy atom. The van der Waals surface area contributed by atoms with Gasteiger partial charge in [0.25, 0.3) is 0 Å². The van der Waals surface area contributed by atoms with Crippen LogP contribution in [0.5, 0.6) is 0 Å². The summed E-state index contributed by atoms with van der Waals surface area (Å²) in [6.45, 7) is 3.01. The quantitative estimate of drug-likeness (QED) is 0.737. The van der Waals surface area contributed by atoms with Gasteiger partial charge in [-0.1, -0.05) is 13.3 Å². The van der Waals surface area contributed by atoms with Crippen molar-refractivity contribution in [3.63, 3.8) is 0 Å². The lowest BCUT2D eigenvalue weighted by Gasteiger charge is -2.33. The molecule has 1 N–H and O–H groups in total. The summed E-state index contributed by atoms with van der Waals surface area (Å²) >= 11 is 0. The van der Waals surface area contributed by atoms with E-state index in [0.717, 1.165) is 25.9 Å². The smallest absolute Gasteiger partial charge is 0.303 e. The summed E-state index contributed by atoms with van der Waals surface area (Å²) in [6.07, 6.45) is 4.01. The van der Waals surface area contributed by atoms with Crippen LogP contribution >= 0.6 is 0 Å². The van der Waals surface area contributed by atoms with Gasteiger partial charge in [0.2, 0.25) is 0 Å². The molecule has 0 unspecified atom stereocenters. The van der Waals surface area contributed by atoms with E-state index in [-0.39, 0.29) is 0 Å². The molecule has 1 aliphatic heterocycles. The molecule has 80 valence electrons.